The van der Waals surface area contributed by atoms with Crippen LogP contribution in [0, 0.1) is 5.92 Å². The van der Waals surface area contributed by atoms with E-state index >= 15 is 0 Å². The zero-order chi connectivity index (χ0) is 16.1. The van der Waals surface area contributed by atoms with Crippen LogP contribution < -0.4 is 5.32 Å². The highest BCUT2D eigenvalue weighted by atomic mass is 16.5. The van der Waals surface area contributed by atoms with Crippen molar-refractivity contribution in [3.8, 4) is 0 Å². The number of likely N-dealkylation sites (tertiary alicyclic amines) is 1. The summed E-state index contributed by atoms with van der Waals surface area (Å²) in [6.07, 6.45) is 2.50. The highest BCUT2D eigenvalue weighted by Gasteiger charge is 2.34. The minimum Gasteiger partial charge on any atom is -0.467 e. The van der Waals surface area contributed by atoms with E-state index in [9.17, 15) is 9.59 Å². The third-order valence-corrected chi connectivity index (χ3v) is 3.84. The molecule has 1 unspecified atom stereocenters. The van der Waals surface area contributed by atoms with Gasteiger partial charge in [0.25, 0.3) is 0 Å². The van der Waals surface area contributed by atoms with Crippen LogP contribution in [0.5, 0.6) is 0 Å². The fraction of sp³-hybridized carbons (Fsp3) is 0.529. The Labute approximate surface area is 131 Å². The lowest BCUT2D eigenvalue weighted by Gasteiger charge is -2.23. The molecule has 5 heteroatoms. The molecular weight excluding hydrogens is 280 g/mol. The first-order chi connectivity index (χ1) is 10.5. The summed E-state index contributed by atoms with van der Waals surface area (Å²) in [4.78, 5) is 25.5. The Morgan fingerprint density at radius 1 is 1.32 bits per heavy atom. The number of carbonyl (C=O) groups excluding carboxylic acids is 2. The summed E-state index contributed by atoms with van der Waals surface area (Å²) in [5.74, 6) is 0.255. The van der Waals surface area contributed by atoms with Gasteiger partial charge in [-0.1, -0.05) is 26.0 Å². The molecule has 5 nitrogen and oxygen atoms in total. The number of hydrogen-bond donors (Lipinski definition) is 1. The zero-order valence-corrected chi connectivity index (χ0v) is 13.5. The Kier molecular flexibility index (Phi) is 5.41. The van der Waals surface area contributed by atoms with Crippen molar-refractivity contribution in [2.24, 2.45) is 5.92 Å². The molecule has 1 atom stereocenters. The minimum atomic E-state index is -0.467. The third kappa shape index (κ3) is 4.00. The van der Waals surface area contributed by atoms with Crippen molar-refractivity contribution in [1.29, 1.82) is 0 Å². The summed E-state index contributed by atoms with van der Waals surface area (Å²) < 4.78 is 4.76. The van der Waals surface area contributed by atoms with E-state index in [1.165, 1.54) is 12.7 Å². The molecule has 2 rings (SSSR count). The van der Waals surface area contributed by atoms with E-state index in [4.69, 9.17) is 4.74 Å². The maximum atomic E-state index is 12.3. The predicted molar refractivity (Wildman–Crippen MR) is 85.7 cm³/mol. The van der Waals surface area contributed by atoms with Gasteiger partial charge in [0, 0.05) is 12.2 Å². The second kappa shape index (κ2) is 7.29. The Bertz CT molecular complexity index is 525. The number of rotatable bonds is 4. The van der Waals surface area contributed by atoms with Crippen LogP contribution in [0.1, 0.15) is 32.3 Å². The standard InChI is InChI=1S/C17H24N2O3/c1-12(2)11-13-6-8-14(9-7-13)18-17(21)19-10-4-5-15(19)16(20)22-3/h6-9,12,15H,4-5,10-11H2,1-3H3,(H,18,21). The van der Waals surface area contributed by atoms with Crippen LogP contribution in [0.2, 0.25) is 0 Å². The molecule has 1 aromatic carbocycles. The van der Waals surface area contributed by atoms with Crippen molar-refractivity contribution in [1.82, 2.24) is 4.90 Å². The van der Waals surface area contributed by atoms with Crippen molar-refractivity contribution in [3.63, 3.8) is 0 Å². The second-order valence-electron chi connectivity index (χ2n) is 6.10. The smallest absolute Gasteiger partial charge is 0.328 e. The lowest BCUT2D eigenvalue weighted by atomic mass is 10.0. The van der Waals surface area contributed by atoms with E-state index in [1.54, 1.807) is 4.90 Å². The van der Waals surface area contributed by atoms with Crippen LogP contribution in [0.15, 0.2) is 24.3 Å². The van der Waals surface area contributed by atoms with Crippen LogP contribution in [0.3, 0.4) is 0 Å². The molecule has 0 spiro atoms. The number of anilines is 1. The monoisotopic (exact) mass is 304 g/mol. The van der Waals surface area contributed by atoms with Gasteiger partial charge in [0.05, 0.1) is 7.11 Å². The molecule has 0 aromatic heterocycles. The van der Waals surface area contributed by atoms with Gasteiger partial charge in [-0.2, -0.15) is 0 Å². The average molecular weight is 304 g/mol. The topological polar surface area (TPSA) is 58.6 Å². The highest BCUT2D eigenvalue weighted by molar-refractivity contribution is 5.93. The molecule has 1 aliphatic rings. The number of nitrogens with zero attached hydrogens (tertiary/aromatic N) is 1. The van der Waals surface area contributed by atoms with E-state index < -0.39 is 6.04 Å². The molecule has 0 radical (unpaired) electrons. The lowest BCUT2D eigenvalue weighted by Crippen LogP contribution is -2.43. The number of urea groups is 1. The van der Waals surface area contributed by atoms with Gasteiger partial charge in [0.1, 0.15) is 6.04 Å². The van der Waals surface area contributed by atoms with Crippen LogP contribution >= 0.6 is 0 Å². The van der Waals surface area contributed by atoms with Gasteiger partial charge in [-0.15, -0.1) is 0 Å². The van der Waals surface area contributed by atoms with Crippen LogP contribution in [-0.2, 0) is 16.0 Å². The summed E-state index contributed by atoms with van der Waals surface area (Å²) in [5, 5.41) is 2.85. The Morgan fingerprint density at radius 3 is 2.59 bits per heavy atom. The molecule has 1 saturated heterocycles. The number of methoxy groups -OCH3 is 1. The van der Waals surface area contributed by atoms with Gasteiger partial charge in [0.2, 0.25) is 0 Å². The molecule has 0 bridgehead atoms. The Balaban J connectivity index is 1.98. The average Bonchev–Trinajstić information content (AvgIpc) is 2.97. The lowest BCUT2D eigenvalue weighted by molar-refractivity contribution is -0.144. The molecule has 120 valence electrons. The molecule has 1 aromatic rings. The first kappa shape index (κ1) is 16.3. The summed E-state index contributed by atoms with van der Waals surface area (Å²) in [7, 11) is 1.35. The van der Waals surface area contributed by atoms with Crippen molar-refractivity contribution in [2.45, 2.75) is 39.2 Å². The maximum absolute atomic E-state index is 12.3. The number of amides is 2. The first-order valence-electron chi connectivity index (χ1n) is 7.75. The quantitative estimate of drug-likeness (QED) is 0.870. The van der Waals surface area contributed by atoms with Gasteiger partial charge < -0.3 is 15.0 Å². The van der Waals surface area contributed by atoms with Gasteiger partial charge in [0.15, 0.2) is 0 Å². The van der Waals surface area contributed by atoms with Crippen LogP contribution in [-0.4, -0.2) is 36.6 Å². The largest absolute Gasteiger partial charge is 0.467 e. The van der Waals surface area contributed by atoms with Gasteiger partial charge in [-0.05, 0) is 42.9 Å². The molecule has 2 amide bonds. The van der Waals surface area contributed by atoms with Gasteiger partial charge in [-0.25, -0.2) is 9.59 Å². The van der Waals surface area contributed by atoms with E-state index in [0.717, 1.165) is 18.5 Å². The van der Waals surface area contributed by atoms with Crippen LogP contribution in [0.4, 0.5) is 10.5 Å². The van der Waals surface area contributed by atoms with Gasteiger partial charge in [-0.3, -0.25) is 0 Å². The summed E-state index contributed by atoms with van der Waals surface area (Å²) in [6.45, 7) is 4.93. The number of hydrogen-bond acceptors (Lipinski definition) is 3. The number of carbonyl (C=O) groups is 2. The van der Waals surface area contributed by atoms with Crippen molar-refractivity contribution in [2.75, 3.05) is 19.0 Å². The predicted octanol–water partition coefficient (Wildman–Crippen LogP) is 3.05. The van der Waals surface area contributed by atoms with E-state index in [1.807, 2.05) is 24.3 Å². The third-order valence-electron chi connectivity index (χ3n) is 3.84. The number of nitrogens with one attached hydrogen (secondary N) is 1. The summed E-state index contributed by atoms with van der Waals surface area (Å²) in [5.41, 5.74) is 2.00. The van der Waals surface area contributed by atoms with E-state index in [0.29, 0.717) is 18.9 Å². The molecule has 1 fully saturated rings. The summed E-state index contributed by atoms with van der Waals surface area (Å²) in [6, 6.07) is 7.14. The SMILES string of the molecule is COC(=O)C1CCCN1C(=O)Nc1ccc(CC(C)C)cc1. The van der Waals surface area contributed by atoms with Crippen molar-refractivity contribution >= 4 is 17.7 Å². The van der Waals surface area contributed by atoms with Crippen molar-refractivity contribution in [3.05, 3.63) is 29.8 Å². The highest BCUT2D eigenvalue weighted by Crippen LogP contribution is 2.20. The normalized spacial score (nSPS) is 17.6. The molecular formula is C17H24N2O3. The molecule has 0 aliphatic carbocycles. The second-order valence-corrected chi connectivity index (χ2v) is 6.10. The molecule has 1 heterocycles. The Hall–Kier alpha value is -2.04. The Morgan fingerprint density at radius 2 is 2.00 bits per heavy atom. The fourth-order valence-electron chi connectivity index (χ4n) is 2.78. The van der Waals surface area contributed by atoms with Gasteiger partial charge >= 0.3 is 12.0 Å². The molecule has 1 aliphatic heterocycles. The molecule has 22 heavy (non-hydrogen) atoms. The minimum absolute atomic E-state index is 0.246. The summed E-state index contributed by atoms with van der Waals surface area (Å²) >= 11 is 0. The van der Waals surface area contributed by atoms with E-state index in [-0.39, 0.29) is 12.0 Å². The number of ether oxygens (including phenoxy) is 1. The molecule has 1 N–H and O–H groups in total. The van der Waals surface area contributed by atoms with Crippen LogP contribution in [0.25, 0.3) is 0 Å². The zero-order valence-electron chi connectivity index (χ0n) is 13.5. The first-order valence-corrected chi connectivity index (χ1v) is 7.75. The molecule has 0 saturated carbocycles. The van der Waals surface area contributed by atoms with Crippen molar-refractivity contribution < 1.29 is 14.3 Å². The fourth-order valence-corrected chi connectivity index (χ4v) is 2.78. The number of esters is 1. The van der Waals surface area contributed by atoms with E-state index in [2.05, 4.69) is 19.2 Å². The number of benzene rings is 1. The maximum Gasteiger partial charge on any atom is 0.328 e.